The number of methoxy groups -OCH3 is 1. The lowest BCUT2D eigenvalue weighted by Crippen LogP contribution is -2.44. The van der Waals surface area contributed by atoms with Gasteiger partial charge in [-0.1, -0.05) is 18.6 Å². The third-order valence-corrected chi connectivity index (χ3v) is 8.72. The summed E-state index contributed by atoms with van der Waals surface area (Å²) in [4.78, 5) is 13.1. The number of benzene rings is 2. The molecule has 0 aromatic heterocycles. The molecule has 2 aliphatic rings. The van der Waals surface area contributed by atoms with Gasteiger partial charge < -0.3 is 14.8 Å². The summed E-state index contributed by atoms with van der Waals surface area (Å²) in [7, 11) is -1.87. The molecule has 2 aliphatic heterocycles. The van der Waals surface area contributed by atoms with E-state index in [0.717, 1.165) is 43.4 Å². The predicted molar refractivity (Wildman–Crippen MR) is 126 cm³/mol. The highest BCUT2D eigenvalue weighted by Crippen LogP contribution is 2.35. The van der Waals surface area contributed by atoms with Gasteiger partial charge in [0.05, 0.1) is 12.0 Å². The van der Waals surface area contributed by atoms with Crippen molar-refractivity contribution in [2.45, 2.75) is 42.4 Å². The maximum Gasteiger partial charge on any atom is 0.251 e. The summed E-state index contributed by atoms with van der Waals surface area (Å²) in [6.07, 6.45) is 4.47. The molecule has 2 heterocycles. The van der Waals surface area contributed by atoms with Crippen LogP contribution >= 0.6 is 0 Å². The standard InChI is InChI=1S/C25H32N2O5S/c1-31-22-9-7-21(8-10-22)25(13-17-32-18-14-25)19-26-24(28)20-5-11-23(12-6-20)33(29,30)27-15-3-2-4-16-27/h5-12H,2-4,13-19H2,1H3,(H,26,28). The van der Waals surface area contributed by atoms with Crippen molar-refractivity contribution in [1.29, 1.82) is 0 Å². The number of amides is 1. The summed E-state index contributed by atoms with van der Waals surface area (Å²) in [5.74, 6) is 0.584. The van der Waals surface area contributed by atoms with Gasteiger partial charge in [0, 0.05) is 43.8 Å². The largest absolute Gasteiger partial charge is 0.497 e. The van der Waals surface area contributed by atoms with Gasteiger partial charge in [-0.05, 0) is 67.6 Å². The van der Waals surface area contributed by atoms with Crippen LogP contribution < -0.4 is 10.1 Å². The normalized spacial score (nSPS) is 19.1. The van der Waals surface area contributed by atoms with Crippen LogP contribution in [0.5, 0.6) is 5.75 Å². The third kappa shape index (κ3) is 5.23. The number of ether oxygens (including phenoxy) is 2. The van der Waals surface area contributed by atoms with Gasteiger partial charge in [-0.25, -0.2) is 8.42 Å². The van der Waals surface area contributed by atoms with Crippen molar-refractivity contribution in [2.75, 3.05) is 40.0 Å². The van der Waals surface area contributed by atoms with Gasteiger partial charge >= 0.3 is 0 Å². The highest BCUT2D eigenvalue weighted by atomic mass is 32.2. The van der Waals surface area contributed by atoms with Gasteiger partial charge in [-0.3, -0.25) is 4.79 Å². The fourth-order valence-electron chi connectivity index (χ4n) is 4.66. The van der Waals surface area contributed by atoms with Gasteiger partial charge in [0.1, 0.15) is 5.75 Å². The maximum absolute atomic E-state index is 12.9. The van der Waals surface area contributed by atoms with E-state index in [1.54, 1.807) is 19.2 Å². The number of hydrogen-bond donors (Lipinski definition) is 1. The van der Waals surface area contributed by atoms with Crippen LogP contribution in [-0.4, -0.2) is 58.6 Å². The fraction of sp³-hybridized carbons (Fsp3) is 0.480. The first-order valence-corrected chi connectivity index (χ1v) is 13.0. The number of carbonyl (C=O) groups is 1. The Morgan fingerprint density at radius 3 is 2.24 bits per heavy atom. The molecule has 8 heteroatoms. The highest BCUT2D eigenvalue weighted by Gasteiger charge is 2.35. The topological polar surface area (TPSA) is 84.9 Å². The van der Waals surface area contributed by atoms with E-state index in [0.29, 0.717) is 38.4 Å². The number of sulfonamides is 1. The smallest absolute Gasteiger partial charge is 0.251 e. The van der Waals surface area contributed by atoms with E-state index in [-0.39, 0.29) is 16.2 Å². The molecule has 0 saturated carbocycles. The summed E-state index contributed by atoms with van der Waals surface area (Å²) in [6, 6.07) is 14.2. The Balaban J connectivity index is 1.45. The third-order valence-electron chi connectivity index (χ3n) is 6.81. The monoisotopic (exact) mass is 472 g/mol. The van der Waals surface area contributed by atoms with Crippen LogP contribution in [0.3, 0.4) is 0 Å². The van der Waals surface area contributed by atoms with Crippen LogP contribution in [0.4, 0.5) is 0 Å². The number of nitrogens with zero attached hydrogens (tertiary/aromatic N) is 1. The van der Waals surface area contributed by atoms with Crippen LogP contribution in [0.1, 0.15) is 48.0 Å². The molecule has 0 unspecified atom stereocenters. The van der Waals surface area contributed by atoms with E-state index in [2.05, 4.69) is 17.4 Å². The van der Waals surface area contributed by atoms with Crippen LogP contribution in [-0.2, 0) is 20.2 Å². The molecule has 0 bridgehead atoms. The van der Waals surface area contributed by atoms with E-state index < -0.39 is 10.0 Å². The first-order chi connectivity index (χ1) is 15.9. The summed E-state index contributed by atoms with van der Waals surface area (Å²) >= 11 is 0. The zero-order chi connectivity index (χ0) is 23.3. The quantitative estimate of drug-likeness (QED) is 0.668. The van der Waals surface area contributed by atoms with E-state index in [1.807, 2.05) is 12.1 Å². The molecule has 4 rings (SSSR count). The van der Waals surface area contributed by atoms with Gasteiger partial charge in [0.2, 0.25) is 10.0 Å². The number of piperidine rings is 1. The van der Waals surface area contributed by atoms with Crippen molar-refractivity contribution in [1.82, 2.24) is 9.62 Å². The molecule has 0 atom stereocenters. The second-order valence-corrected chi connectivity index (χ2v) is 10.7. The van der Waals surface area contributed by atoms with Crippen LogP contribution in [0.25, 0.3) is 0 Å². The summed E-state index contributed by atoms with van der Waals surface area (Å²) < 4.78 is 38.1. The molecule has 7 nitrogen and oxygen atoms in total. The van der Waals surface area contributed by atoms with E-state index >= 15 is 0 Å². The molecular weight excluding hydrogens is 440 g/mol. The maximum atomic E-state index is 12.9. The number of hydrogen-bond acceptors (Lipinski definition) is 5. The van der Waals surface area contributed by atoms with Crippen molar-refractivity contribution >= 4 is 15.9 Å². The Labute approximate surface area is 196 Å². The molecule has 2 saturated heterocycles. The first kappa shape index (κ1) is 23.7. The number of nitrogens with one attached hydrogen (secondary N) is 1. The summed E-state index contributed by atoms with van der Waals surface area (Å²) in [6.45, 7) is 2.88. The van der Waals surface area contributed by atoms with E-state index in [1.165, 1.54) is 16.4 Å². The van der Waals surface area contributed by atoms with Gasteiger partial charge in [0.15, 0.2) is 0 Å². The van der Waals surface area contributed by atoms with Crippen molar-refractivity contribution in [3.63, 3.8) is 0 Å². The molecule has 0 radical (unpaired) electrons. The lowest BCUT2D eigenvalue weighted by molar-refractivity contribution is 0.0487. The highest BCUT2D eigenvalue weighted by molar-refractivity contribution is 7.89. The second-order valence-electron chi connectivity index (χ2n) is 8.79. The van der Waals surface area contributed by atoms with E-state index in [4.69, 9.17) is 9.47 Å². The average molecular weight is 473 g/mol. The van der Waals surface area contributed by atoms with Gasteiger partial charge in [0.25, 0.3) is 5.91 Å². The van der Waals surface area contributed by atoms with Crippen molar-refractivity contribution in [3.05, 3.63) is 59.7 Å². The first-order valence-electron chi connectivity index (χ1n) is 11.6. The molecular formula is C25H32N2O5S. The van der Waals surface area contributed by atoms with Crippen molar-refractivity contribution < 1.29 is 22.7 Å². The zero-order valence-corrected chi connectivity index (χ0v) is 19.9. The minimum atomic E-state index is -3.51. The molecule has 1 amide bonds. The molecule has 2 aromatic rings. The minimum absolute atomic E-state index is 0.211. The van der Waals surface area contributed by atoms with Crippen LogP contribution in [0, 0.1) is 0 Å². The minimum Gasteiger partial charge on any atom is -0.497 e. The van der Waals surface area contributed by atoms with Crippen molar-refractivity contribution in [3.8, 4) is 5.75 Å². The Morgan fingerprint density at radius 1 is 1.00 bits per heavy atom. The summed E-state index contributed by atoms with van der Waals surface area (Å²) in [5, 5.41) is 3.07. The Bertz CT molecular complexity index is 1040. The van der Waals surface area contributed by atoms with Crippen LogP contribution in [0.15, 0.2) is 53.4 Å². The summed E-state index contributed by atoms with van der Waals surface area (Å²) in [5.41, 5.74) is 1.39. The van der Waals surface area contributed by atoms with Gasteiger partial charge in [-0.2, -0.15) is 4.31 Å². The molecule has 2 aromatic carbocycles. The Hall–Kier alpha value is -2.42. The predicted octanol–water partition coefficient (Wildman–Crippen LogP) is 3.35. The van der Waals surface area contributed by atoms with E-state index in [9.17, 15) is 13.2 Å². The number of carbonyl (C=O) groups excluding carboxylic acids is 1. The number of rotatable bonds is 7. The van der Waals surface area contributed by atoms with Gasteiger partial charge in [-0.15, -0.1) is 0 Å². The Morgan fingerprint density at radius 2 is 1.64 bits per heavy atom. The molecule has 0 spiro atoms. The average Bonchev–Trinajstić information content (AvgIpc) is 2.88. The zero-order valence-electron chi connectivity index (χ0n) is 19.1. The molecule has 2 fully saturated rings. The SMILES string of the molecule is COc1ccc(C2(CNC(=O)c3ccc(S(=O)(=O)N4CCCCC4)cc3)CCOCC2)cc1. The molecule has 178 valence electrons. The molecule has 33 heavy (non-hydrogen) atoms. The molecule has 1 N–H and O–H groups in total. The lowest BCUT2D eigenvalue weighted by Gasteiger charge is -2.38. The van der Waals surface area contributed by atoms with Crippen LogP contribution in [0.2, 0.25) is 0 Å². The molecule has 0 aliphatic carbocycles. The fourth-order valence-corrected chi connectivity index (χ4v) is 6.18. The Kier molecular flexibility index (Phi) is 7.36. The second kappa shape index (κ2) is 10.2. The lowest BCUT2D eigenvalue weighted by atomic mass is 9.74. The van der Waals surface area contributed by atoms with Crippen molar-refractivity contribution in [2.24, 2.45) is 0 Å².